The van der Waals surface area contributed by atoms with Crippen LogP contribution in [0.25, 0.3) is 5.57 Å². The lowest BCUT2D eigenvalue weighted by atomic mass is 9.95. The minimum absolute atomic E-state index is 0.888. The highest BCUT2D eigenvalue weighted by atomic mass is 15.1. The number of benzene rings is 3. The number of likely N-dealkylation sites (tertiary alicyclic amines) is 1. The van der Waals surface area contributed by atoms with Crippen molar-refractivity contribution < 1.29 is 0 Å². The number of allylic oxidation sites excluding steroid dienone is 4. The second kappa shape index (κ2) is 11.2. The fourth-order valence-corrected chi connectivity index (χ4v) is 5.56. The molecular formula is C34H39N. The fraction of sp³-hybridized carbons (Fsp3) is 0.353. The van der Waals surface area contributed by atoms with Gasteiger partial charge in [-0.15, -0.1) is 0 Å². The summed E-state index contributed by atoms with van der Waals surface area (Å²) in [5, 5.41) is 0. The van der Waals surface area contributed by atoms with Crippen LogP contribution in [-0.4, -0.2) is 18.0 Å². The van der Waals surface area contributed by atoms with E-state index in [4.69, 9.17) is 0 Å². The first kappa shape index (κ1) is 23.8. The summed E-state index contributed by atoms with van der Waals surface area (Å²) >= 11 is 0. The van der Waals surface area contributed by atoms with Crippen molar-refractivity contribution in [1.82, 2.24) is 4.90 Å². The molecule has 0 N–H and O–H groups in total. The Morgan fingerprint density at radius 2 is 1.46 bits per heavy atom. The van der Waals surface area contributed by atoms with Crippen molar-refractivity contribution in [2.75, 3.05) is 13.1 Å². The van der Waals surface area contributed by atoms with Crippen molar-refractivity contribution in [2.45, 2.75) is 58.9 Å². The van der Waals surface area contributed by atoms with Gasteiger partial charge in [-0.1, -0.05) is 103 Å². The van der Waals surface area contributed by atoms with Gasteiger partial charge >= 0.3 is 0 Å². The molecule has 0 saturated carbocycles. The molecule has 1 nitrogen and oxygen atoms in total. The van der Waals surface area contributed by atoms with E-state index in [1.54, 1.807) is 5.57 Å². The molecule has 0 unspecified atom stereocenters. The Morgan fingerprint density at radius 3 is 2.29 bits per heavy atom. The van der Waals surface area contributed by atoms with Crippen molar-refractivity contribution in [3.63, 3.8) is 0 Å². The van der Waals surface area contributed by atoms with Crippen molar-refractivity contribution >= 4 is 5.57 Å². The first-order valence-corrected chi connectivity index (χ1v) is 13.4. The quantitative estimate of drug-likeness (QED) is 0.327. The molecule has 1 fully saturated rings. The molecule has 0 atom stereocenters. The lowest BCUT2D eigenvalue weighted by Gasteiger charge is -2.30. The van der Waals surface area contributed by atoms with Gasteiger partial charge in [0.25, 0.3) is 0 Å². The monoisotopic (exact) mass is 461 g/mol. The van der Waals surface area contributed by atoms with Crippen molar-refractivity contribution in [3.05, 3.63) is 124 Å². The van der Waals surface area contributed by atoms with E-state index >= 15 is 0 Å². The topological polar surface area (TPSA) is 3.24 Å². The summed E-state index contributed by atoms with van der Waals surface area (Å²) in [6, 6.07) is 27.4. The maximum absolute atomic E-state index is 2.62. The molecule has 0 spiro atoms. The number of nitrogens with zero attached hydrogens (tertiary/aromatic N) is 1. The maximum atomic E-state index is 2.62. The lowest BCUT2D eigenvalue weighted by Crippen LogP contribution is -2.32. The van der Waals surface area contributed by atoms with Gasteiger partial charge in [0.15, 0.2) is 0 Å². The zero-order chi connectivity index (χ0) is 24.0. The average molecular weight is 462 g/mol. The highest BCUT2D eigenvalue weighted by Gasteiger charge is 2.16. The summed E-state index contributed by atoms with van der Waals surface area (Å²) in [4.78, 5) is 2.62. The molecule has 3 aromatic rings. The van der Waals surface area contributed by atoms with E-state index < -0.39 is 0 Å². The Labute approximate surface area is 212 Å². The van der Waals surface area contributed by atoms with Gasteiger partial charge in [0, 0.05) is 6.54 Å². The molecule has 0 bridgehead atoms. The van der Waals surface area contributed by atoms with E-state index in [1.165, 1.54) is 64.9 Å². The van der Waals surface area contributed by atoms with Crippen molar-refractivity contribution in [1.29, 1.82) is 0 Å². The van der Waals surface area contributed by atoms with Gasteiger partial charge in [-0.3, -0.25) is 4.90 Å². The SMILES string of the molecule is Cc1cccc(CCC2=CC=C(c3cccc(Cc4cccc(CN5CCC(C)CC5)c4)c3)C2)c1. The smallest absolute Gasteiger partial charge is 0.0233 e. The van der Waals surface area contributed by atoms with Crippen LogP contribution in [0, 0.1) is 12.8 Å². The number of hydrogen-bond acceptors (Lipinski definition) is 1. The molecule has 5 rings (SSSR count). The van der Waals surface area contributed by atoms with E-state index in [0.29, 0.717) is 0 Å². The third kappa shape index (κ3) is 6.61. The number of rotatable bonds is 8. The Balaban J connectivity index is 1.17. The van der Waals surface area contributed by atoms with E-state index in [2.05, 4.69) is 104 Å². The summed E-state index contributed by atoms with van der Waals surface area (Å²) in [6.07, 6.45) is 11.7. The van der Waals surface area contributed by atoms with Gasteiger partial charge in [0.05, 0.1) is 0 Å². The summed E-state index contributed by atoms with van der Waals surface area (Å²) in [6.45, 7) is 8.13. The van der Waals surface area contributed by atoms with Crippen LogP contribution in [0.15, 0.2) is 90.5 Å². The molecule has 0 aromatic heterocycles. The summed E-state index contributed by atoms with van der Waals surface area (Å²) < 4.78 is 0. The van der Waals surface area contributed by atoms with Crippen LogP contribution in [0.3, 0.4) is 0 Å². The van der Waals surface area contributed by atoms with E-state index in [-0.39, 0.29) is 0 Å². The molecular weight excluding hydrogens is 422 g/mol. The molecule has 3 aromatic carbocycles. The fourth-order valence-electron chi connectivity index (χ4n) is 5.56. The van der Waals surface area contributed by atoms with E-state index in [9.17, 15) is 0 Å². The normalized spacial score (nSPS) is 16.9. The molecule has 1 saturated heterocycles. The largest absolute Gasteiger partial charge is 0.299 e. The lowest BCUT2D eigenvalue weighted by molar-refractivity contribution is 0.185. The molecule has 0 radical (unpaired) electrons. The first-order valence-electron chi connectivity index (χ1n) is 13.4. The maximum Gasteiger partial charge on any atom is 0.0233 e. The van der Waals surface area contributed by atoms with Crippen LogP contribution in [0.2, 0.25) is 0 Å². The number of hydrogen-bond donors (Lipinski definition) is 0. The molecule has 0 amide bonds. The highest BCUT2D eigenvalue weighted by Crippen LogP contribution is 2.31. The summed E-state index contributed by atoms with van der Waals surface area (Å²) in [5.74, 6) is 0.888. The van der Waals surface area contributed by atoms with Crippen molar-refractivity contribution in [2.24, 2.45) is 5.92 Å². The Morgan fingerprint density at radius 1 is 0.743 bits per heavy atom. The zero-order valence-electron chi connectivity index (χ0n) is 21.5. The zero-order valence-corrected chi connectivity index (χ0v) is 21.5. The van der Waals surface area contributed by atoms with Crippen molar-refractivity contribution in [3.8, 4) is 0 Å². The van der Waals surface area contributed by atoms with Crippen LogP contribution >= 0.6 is 0 Å². The van der Waals surface area contributed by atoms with Crippen LogP contribution < -0.4 is 0 Å². The van der Waals surface area contributed by atoms with Gasteiger partial charge in [0.2, 0.25) is 0 Å². The highest BCUT2D eigenvalue weighted by molar-refractivity contribution is 5.72. The third-order valence-corrected chi connectivity index (χ3v) is 7.73. The Kier molecular flexibility index (Phi) is 7.64. The van der Waals surface area contributed by atoms with Gasteiger partial charge in [-0.25, -0.2) is 0 Å². The molecule has 180 valence electrons. The second-order valence-corrected chi connectivity index (χ2v) is 10.8. The predicted molar refractivity (Wildman–Crippen MR) is 150 cm³/mol. The minimum atomic E-state index is 0.888. The van der Waals surface area contributed by atoms with Gasteiger partial charge < -0.3 is 0 Å². The third-order valence-electron chi connectivity index (χ3n) is 7.73. The Hall–Kier alpha value is -2.90. The van der Waals surface area contributed by atoms with Crippen LogP contribution in [0.1, 0.15) is 66.0 Å². The number of piperidine rings is 1. The molecule has 1 aliphatic carbocycles. The van der Waals surface area contributed by atoms with Crippen LogP contribution in [0.5, 0.6) is 0 Å². The van der Waals surface area contributed by atoms with Gasteiger partial charge in [0.1, 0.15) is 0 Å². The van der Waals surface area contributed by atoms with E-state index in [1.807, 2.05) is 0 Å². The molecule has 1 heteroatoms. The van der Waals surface area contributed by atoms with Gasteiger partial charge in [-0.2, -0.15) is 0 Å². The summed E-state index contributed by atoms with van der Waals surface area (Å²) in [7, 11) is 0. The summed E-state index contributed by atoms with van der Waals surface area (Å²) in [5.41, 5.74) is 11.5. The molecule has 1 aliphatic heterocycles. The number of aryl methyl sites for hydroxylation is 2. The standard InChI is InChI=1S/C34H39N/c1-26-16-18-35(19-17-26)25-32-10-4-8-30(22-32)21-31-9-5-11-33(24-31)34-15-14-29(23-34)13-12-28-7-3-6-27(2)20-28/h3-11,14-15,20,22,24,26H,12-13,16-19,21,23,25H2,1-2H3. The Bertz CT molecular complexity index is 1210. The van der Waals surface area contributed by atoms with E-state index in [0.717, 1.165) is 38.1 Å². The molecule has 1 heterocycles. The molecule has 35 heavy (non-hydrogen) atoms. The van der Waals surface area contributed by atoms with Gasteiger partial charge in [-0.05, 0) is 97.8 Å². The second-order valence-electron chi connectivity index (χ2n) is 10.8. The predicted octanol–water partition coefficient (Wildman–Crippen LogP) is 8.16. The average Bonchev–Trinajstić information content (AvgIpc) is 3.34. The van der Waals surface area contributed by atoms with Crippen LogP contribution in [-0.2, 0) is 19.4 Å². The molecule has 2 aliphatic rings. The minimum Gasteiger partial charge on any atom is -0.299 e. The first-order chi connectivity index (χ1) is 17.1. The van der Waals surface area contributed by atoms with Crippen LogP contribution in [0.4, 0.5) is 0 Å².